The zero-order chi connectivity index (χ0) is 21.3. The Morgan fingerprint density at radius 2 is 1.90 bits per heavy atom. The van der Waals surface area contributed by atoms with Gasteiger partial charge in [-0.2, -0.15) is 10.4 Å². The Morgan fingerprint density at radius 1 is 1.13 bits per heavy atom. The number of carbonyl (C=O) groups excluding carboxylic acids is 1. The Bertz CT molecular complexity index is 1190. The maximum atomic E-state index is 12.9. The summed E-state index contributed by atoms with van der Waals surface area (Å²) >= 11 is 12.5. The Morgan fingerprint density at radius 3 is 2.60 bits per heavy atom. The van der Waals surface area contributed by atoms with Gasteiger partial charge in [0.1, 0.15) is 6.17 Å². The van der Waals surface area contributed by atoms with Crippen molar-refractivity contribution in [2.45, 2.75) is 13.1 Å². The third kappa shape index (κ3) is 4.02. The lowest BCUT2D eigenvalue weighted by molar-refractivity contribution is -0.128. The van der Waals surface area contributed by atoms with Crippen LogP contribution >= 0.6 is 23.2 Å². The van der Waals surface area contributed by atoms with Gasteiger partial charge in [-0.25, -0.2) is 5.01 Å². The maximum absolute atomic E-state index is 12.9. The van der Waals surface area contributed by atoms with Gasteiger partial charge < -0.3 is 5.32 Å². The normalized spacial score (nSPS) is 19.9. The second-order valence-corrected chi connectivity index (χ2v) is 7.68. The van der Waals surface area contributed by atoms with Crippen LogP contribution in [-0.2, 0) is 4.79 Å². The number of nitriles is 1. The van der Waals surface area contributed by atoms with Gasteiger partial charge >= 0.3 is 0 Å². The van der Waals surface area contributed by atoms with Gasteiger partial charge in [0, 0.05) is 27.4 Å². The summed E-state index contributed by atoms with van der Waals surface area (Å²) in [6.07, 6.45) is 6.63. The molecule has 4 rings (SSSR count). The number of hydrogen-bond donors (Lipinski definition) is 1. The van der Waals surface area contributed by atoms with E-state index >= 15 is 0 Å². The minimum Gasteiger partial charge on any atom is -0.360 e. The summed E-state index contributed by atoms with van der Waals surface area (Å²) in [5.41, 5.74) is 4.33. The van der Waals surface area contributed by atoms with Crippen molar-refractivity contribution in [1.82, 2.24) is 10.3 Å². The van der Waals surface area contributed by atoms with E-state index in [0.29, 0.717) is 27.0 Å². The minimum absolute atomic E-state index is 0.245. The molecule has 2 aromatic carbocycles. The highest BCUT2D eigenvalue weighted by Crippen LogP contribution is 2.30. The molecule has 0 bridgehead atoms. The van der Waals surface area contributed by atoms with Gasteiger partial charge in [-0.1, -0.05) is 47.5 Å². The molecule has 1 atom stereocenters. The lowest BCUT2D eigenvalue weighted by Gasteiger charge is -2.33. The van der Waals surface area contributed by atoms with E-state index in [-0.39, 0.29) is 5.91 Å². The highest BCUT2D eigenvalue weighted by Gasteiger charge is 2.28. The molecule has 0 aromatic heterocycles. The summed E-state index contributed by atoms with van der Waals surface area (Å²) in [5, 5.41) is 19.3. The van der Waals surface area contributed by atoms with Gasteiger partial charge in [-0.3, -0.25) is 4.79 Å². The van der Waals surface area contributed by atoms with Crippen LogP contribution in [0.5, 0.6) is 0 Å². The fraction of sp³-hybridized carbons (Fsp3) is 0.0870. The first-order valence-corrected chi connectivity index (χ1v) is 9.93. The van der Waals surface area contributed by atoms with Gasteiger partial charge in [0.05, 0.1) is 17.3 Å². The van der Waals surface area contributed by atoms with E-state index in [1.165, 1.54) is 11.1 Å². The maximum Gasteiger partial charge on any atom is 0.271 e. The smallest absolute Gasteiger partial charge is 0.271 e. The predicted octanol–water partition coefficient (Wildman–Crippen LogP) is 4.99. The van der Waals surface area contributed by atoms with Crippen LogP contribution in [0.25, 0.3) is 11.3 Å². The van der Waals surface area contributed by atoms with Crippen LogP contribution < -0.4 is 5.32 Å². The van der Waals surface area contributed by atoms with E-state index in [1.54, 1.807) is 36.4 Å². The minimum atomic E-state index is -0.519. The number of allylic oxidation sites excluding steroid dienone is 3. The van der Waals surface area contributed by atoms with E-state index in [4.69, 9.17) is 28.5 Å². The number of carbonyl (C=O) groups is 1. The zero-order valence-corrected chi connectivity index (χ0v) is 17.4. The van der Waals surface area contributed by atoms with Gasteiger partial charge in [0.25, 0.3) is 5.91 Å². The molecule has 7 heteroatoms. The molecule has 30 heavy (non-hydrogen) atoms. The number of benzene rings is 2. The van der Waals surface area contributed by atoms with Crippen molar-refractivity contribution < 1.29 is 4.79 Å². The van der Waals surface area contributed by atoms with Crippen molar-refractivity contribution in [2.24, 2.45) is 5.10 Å². The molecular formula is C23H16Cl2N4O. The first-order valence-electron chi connectivity index (χ1n) is 9.17. The molecule has 0 spiro atoms. The first kappa shape index (κ1) is 20.0. The molecule has 0 aliphatic carbocycles. The molecule has 0 saturated carbocycles. The standard InChI is InChI=1S/C23H16Cl2N4O/c1-14-2-5-17(19-9-8-18(24)11-20(19)25)10-22-27-21(12-23(30)29(22)28-14)16-6-3-15(13-26)4-7-16/h2-12,22,27H,1H3/b5-2?,17-10-,28-14?. The van der Waals surface area contributed by atoms with E-state index in [9.17, 15) is 4.79 Å². The van der Waals surface area contributed by atoms with Crippen LogP contribution in [0, 0.1) is 11.3 Å². The monoisotopic (exact) mass is 434 g/mol. The SMILES string of the molecule is CC1=NN2C(=O)C=C(c3ccc(C#N)cc3)NC2/C=C(\c2ccc(Cl)cc2Cl)C=C1. The molecular weight excluding hydrogens is 419 g/mol. The summed E-state index contributed by atoms with van der Waals surface area (Å²) in [4.78, 5) is 12.9. The van der Waals surface area contributed by atoms with Crippen LogP contribution in [0.4, 0.5) is 0 Å². The van der Waals surface area contributed by atoms with Crippen molar-refractivity contribution in [3.8, 4) is 6.07 Å². The van der Waals surface area contributed by atoms with E-state index in [1.807, 2.05) is 31.2 Å². The Hall–Kier alpha value is -3.33. The molecule has 0 radical (unpaired) electrons. The molecule has 0 saturated heterocycles. The van der Waals surface area contributed by atoms with Crippen LogP contribution in [-0.4, -0.2) is 22.8 Å². The Kier molecular flexibility index (Phi) is 5.45. The topological polar surface area (TPSA) is 68.5 Å². The zero-order valence-electron chi connectivity index (χ0n) is 15.9. The molecule has 1 unspecified atom stereocenters. The molecule has 1 amide bonds. The molecule has 1 N–H and O–H groups in total. The first-order chi connectivity index (χ1) is 14.4. The largest absolute Gasteiger partial charge is 0.360 e. The highest BCUT2D eigenvalue weighted by atomic mass is 35.5. The number of fused-ring (bicyclic) bond motifs is 1. The van der Waals surface area contributed by atoms with Crippen LogP contribution in [0.1, 0.15) is 23.6 Å². The number of rotatable bonds is 2. The average molecular weight is 435 g/mol. The van der Waals surface area contributed by atoms with Crippen molar-refractivity contribution >= 4 is 46.1 Å². The third-order valence-corrected chi connectivity index (χ3v) is 5.28. The van der Waals surface area contributed by atoms with Gasteiger partial charge in [0.15, 0.2) is 0 Å². The highest BCUT2D eigenvalue weighted by molar-refractivity contribution is 6.35. The molecule has 5 nitrogen and oxygen atoms in total. The summed E-state index contributed by atoms with van der Waals surface area (Å²) in [6, 6.07) is 14.4. The number of hydrogen-bond acceptors (Lipinski definition) is 4. The van der Waals surface area contributed by atoms with E-state index in [2.05, 4.69) is 16.5 Å². The van der Waals surface area contributed by atoms with Crippen LogP contribution in [0.3, 0.4) is 0 Å². The summed E-state index contributed by atoms with van der Waals surface area (Å²) in [5.74, 6) is -0.245. The van der Waals surface area contributed by atoms with Crippen molar-refractivity contribution in [3.05, 3.63) is 93.5 Å². The van der Waals surface area contributed by atoms with Gasteiger partial charge in [-0.15, -0.1) is 0 Å². The second-order valence-electron chi connectivity index (χ2n) is 6.84. The third-order valence-electron chi connectivity index (χ3n) is 4.73. The number of nitrogens with zero attached hydrogens (tertiary/aromatic N) is 3. The van der Waals surface area contributed by atoms with E-state index in [0.717, 1.165) is 16.7 Å². The summed E-state index contributed by atoms with van der Waals surface area (Å²) < 4.78 is 0. The fourth-order valence-corrected chi connectivity index (χ4v) is 3.76. The molecule has 148 valence electrons. The predicted molar refractivity (Wildman–Crippen MR) is 120 cm³/mol. The molecule has 0 fully saturated rings. The average Bonchev–Trinajstić information content (AvgIpc) is 2.72. The second kappa shape index (κ2) is 8.19. The molecule has 2 aliphatic heterocycles. The van der Waals surface area contributed by atoms with Crippen molar-refractivity contribution in [1.29, 1.82) is 5.26 Å². The number of halogens is 2. The Balaban J connectivity index is 1.76. The summed E-state index contributed by atoms with van der Waals surface area (Å²) in [7, 11) is 0. The number of amides is 1. The quantitative estimate of drug-likeness (QED) is 0.723. The van der Waals surface area contributed by atoms with Crippen LogP contribution in [0.2, 0.25) is 10.0 Å². The lowest BCUT2D eigenvalue weighted by Crippen LogP contribution is -2.47. The fourth-order valence-electron chi connectivity index (χ4n) is 3.25. The van der Waals surface area contributed by atoms with Crippen molar-refractivity contribution in [3.63, 3.8) is 0 Å². The van der Waals surface area contributed by atoms with Crippen LogP contribution in [0.15, 0.2) is 71.9 Å². The van der Waals surface area contributed by atoms with E-state index < -0.39 is 6.17 Å². The molecule has 2 aromatic rings. The van der Waals surface area contributed by atoms with Gasteiger partial charge in [-0.05, 0) is 54.5 Å². The molecule has 2 aliphatic rings. The van der Waals surface area contributed by atoms with Crippen molar-refractivity contribution in [2.75, 3.05) is 0 Å². The number of hydrazone groups is 1. The number of nitrogens with one attached hydrogen (secondary N) is 1. The summed E-state index contributed by atoms with van der Waals surface area (Å²) in [6.45, 7) is 1.83. The lowest BCUT2D eigenvalue weighted by atomic mass is 10.0. The Labute approximate surface area is 184 Å². The molecule has 2 heterocycles. The van der Waals surface area contributed by atoms with Gasteiger partial charge in [0.2, 0.25) is 0 Å².